The van der Waals surface area contributed by atoms with Gasteiger partial charge >= 0.3 is 12.0 Å². The number of benzene rings is 1. The third-order valence-electron chi connectivity index (χ3n) is 3.22. The second kappa shape index (κ2) is 5.73. The first-order valence-corrected chi connectivity index (χ1v) is 6.36. The predicted octanol–water partition coefficient (Wildman–Crippen LogP) is 2.41. The molecule has 0 spiro atoms. The summed E-state index contributed by atoms with van der Waals surface area (Å²) in [5.41, 5.74) is 1.82. The number of carbonyl (C=O) groups is 2. The van der Waals surface area contributed by atoms with Crippen molar-refractivity contribution in [2.45, 2.75) is 19.8 Å². The van der Waals surface area contributed by atoms with Crippen molar-refractivity contribution in [1.82, 2.24) is 4.90 Å². The van der Waals surface area contributed by atoms with Crippen LogP contribution in [0, 0.1) is 6.92 Å². The number of hydrogen-bond donors (Lipinski definition) is 1. The topological polar surface area (TPSA) is 58.6 Å². The molecule has 1 fully saturated rings. The number of methoxy groups -OCH3 is 1. The van der Waals surface area contributed by atoms with Crippen LogP contribution in [0.3, 0.4) is 0 Å². The summed E-state index contributed by atoms with van der Waals surface area (Å²) in [4.78, 5) is 25.5. The summed E-state index contributed by atoms with van der Waals surface area (Å²) < 4.78 is 4.74. The Morgan fingerprint density at radius 1 is 1.26 bits per heavy atom. The molecule has 19 heavy (non-hydrogen) atoms. The van der Waals surface area contributed by atoms with Gasteiger partial charge in [0.25, 0.3) is 0 Å². The fraction of sp³-hybridized carbons (Fsp3) is 0.429. The monoisotopic (exact) mass is 262 g/mol. The molecule has 1 aliphatic rings. The smallest absolute Gasteiger partial charge is 0.339 e. The number of likely N-dealkylation sites (tertiary alicyclic amines) is 1. The molecule has 0 atom stereocenters. The molecule has 1 saturated heterocycles. The molecule has 1 N–H and O–H groups in total. The van der Waals surface area contributed by atoms with E-state index in [9.17, 15) is 9.59 Å². The number of ether oxygens (including phenoxy) is 1. The maximum atomic E-state index is 12.0. The Bertz CT molecular complexity index is 493. The molecule has 1 aromatic carbocycles. The molecule has 0 saturated carbocycles. The van der Waals surface area contributed by atoms with Crippen LogP contribution in [0.15, 0.2) is 18.2 Å². The van der Waals surface area contributed by atoms with Crippen LogP contribution in [0.5, 0.6) is 0 Å². The van der Waals surface area contributed by atoms with E-state index in [2.05, 4.69) is 5.32 Å². The van der Waals surface area contributed by atoms with Gasteiger partial charge in [-0.05, 0) is 31.9 Å². The molecule has 0 bridgehead atoms. The molecule has 5 heteroatoms. The molecule has 0 aromatic heterocycles. The van der Waals surface area contributed by atoms with Crippen molar-refractivity contribution in [1.29, 1.82) is 0 Å². The van der Waals surface area contributed by atoms with Crippen LogP contribution < -0.4 is 5.32 Å². The minimum atomic E-state index is -0.444. The highest BCUT2D eigenvalue weighted by molar-refractivity contribution is 6.01. The second-order valence-corrected chi connectivity index (χ2v) is 4.66. The molecule has 0 radical (unpaired) electrons. The van der Waals surface area contributed by atoms with E-state index in [0.29, 0.717) is 11.3 Å². The van der Waals surface area contributed by atoms with Crippen molar-refractivity contribution in [3.8, 4) is 0 Å². The lowest BCUT2D eigenvalue weighted by molar-refractivity contribution is 0.0602. The summed E-state index contributed by atoms with van der Waals surface area (Å²) in [6.07, 6.45) is 2.07. The normalized spacial score (nSPS) is 14.3. The van der Waals surface area contributed by atoms with E-state index >= 15 is 0 Å². The van der Waals surface area contributed by atoms with Crippen molar-refractivity contribution in [2.75, 3.05) is 25.5 Å². The van der Waals surface area contributed by atoms with Gasteiger partial charge in [0.1, 0.15) is 0 Å². The van der Waals surface area contributed by atoms with Gasteiger partial charge < -0.3 is 15.0 Å². The Kier molecular flexibility index (Phi) is 4.04. The van der Waals surface area contributed by atoms with Gasteiger partial charge in [0.05, 0.1) is 18.4 Å². The SMILES string of the molecule is COC(=O)c1cc(C)ccc1NC(=O)N1CCCC1. The first kappa shape index (κ1) is 13.4. The molecular weight excluding hydrogens is 244 g/mol. The van der Waals surface area contributed by atoms with Gasteiger partial charge in [-0.1, -0.05) is 11.6 Å². The fourth-order valence-electron chi connectivity index (χ4n) is 2.16. The number of esters is 1. The number of rotatable bonds is 2. The lowest BCUT2D eigenvalue weighted by atomic mass is 10.1. The van der Waals surface area contributed by atoms with E-state index in [1.165, 1.54) is 7.11 Å². The van der Waals surface area contributed by atoms with Crippen LogP contribution in [0.25, 0.3) is 0 Å². The summed E-state index contributed by atoms with van der Waals surface area (Å²) in [6.45, 7) is 3.43. The summed E-state index contributed by atoms with van der Waals surface area (Å²) in [5, 5.41) is 2.78. The van der Waals surface area contributed by atoms with Crippen LogP contribution in [-0.4, -0.2) is 37.1 Å². The molecule has 1 aromatic rings. The predicted molar refractivity (Wildman–Crippen MR) is 72.3 cm³/mol. The van der Waals surface area contributed by atoms with Crippen molar-refractivity contribution in [3.05, 3.63) is 29.3 Å². The van der Waals surface area contributed by atoms with Gasteiger partial charge in [-0.25, -0.2) is 9.59 Å². The number of urea groups is 1. The van der Waals surface area contributed by atoms with Crippen LogP contribution in [0.1, 0.15) is 28.8 Å². The maximum Gasteiger partial charge on any atom is 0.339 e. The minimum absolute atomic E-state index is 0.161. The quantitative estimate of drug-likeness (QED) is 0.833. The Hall–Kier alpha value is -2.04. The molecule has 2 rings (SSSR count). The van der Waals surface area contributed by atoms with Crippen LogP contribution in [-0.2, 0) is 4.74 Å². The van der Waals surface area contributed by atoms with Crippen molar-refractivity contribution in [3.63, 3.8) is 0 Å². The van der Waals surface area contributed by atoms with Gasteiger partial charge in [0, 0.05) is 13.1 Å². The number of hydrogen-bond acceptors (Lipinski definition) is 3. The van der Waals surface area contributed by atoms with Gasteiger partial charge in [-0.2, -0.15) is 0 Å². The van der Waals surface area contributed by atoms with Crippen LogP contribution in [0.4, 0.5) is 10.5 Å². The largest absolute Gasteiger partial charge is 0.465 e. The molecule has 1 aliphatic heterocycles. The summed E-state index contributed by atoms with van der Waals surface area (Å²) in [7, 11) is 1.33. The molecule has 0 aliphatic carbocycles. The average Bonchev–Trinajstić information content (AvgIpc) is 2.94. The number of amides is 2. The first-order valence-electron chi connectivity index (χ1n) is 6.36. The molecule has 102 valence electrons. The zero-order chi connectivity index (χ0) is 13.8. The third kappa shape index (κ3) is 3.05. The number of nitrogens with zero attached hydrogens (tertiary/aromatic N) is 1. The Morgan fingerprint density at radius 2 is 1.95 bits per heavy atom. The van der Waals surface area contributed by atoms with Crippen LogP contribution in [0.2, 0.25) is 0 Å². The number of aryl methyl sites for hydroxylation is 1. The van der Waals surface area contributed by atoms with E-state index < -0.39 is 5.97 Å². The summed E-state index contributed by atoms with van der Waals surface area (Å²) in [6, 6.07) is 5.14. The molecule has 0 unspecified atom stereocenters. The molecule has 2 amide bonds. The molecular formula is C14H18N2O3. The summed E-state index contributed by atoms with van der Waals surface area (Å²) >= 11 is 0. The molecule has 5 nitrogen and oxygen atoms in total. The lowest BCUT2D eigenvalue weighted by Crippen LogP contribution is -2.32. The van der Waals surface area contributed by atoms with Gasteiger partial charge in [-0.3, -0.25) is 0 Å². The minimum Gasteiger partial charge on any atom is -0.465 e. The molecule has 1 heterocycles. The average molecular weight is 262 g/mol. The highest BCUT2D eigenvalue weighted by atomic mass is 16.5. The first-order chi connectivity index (χ1) is 9.11. The lowest BCUT2D eigenvalue weighted by Gasteiger charge is -2.17. The number of anilines is 1. The number of carbonyl (C=O) groups excluding carboxylic acids is 2. The third-order valence-corrected chi connectivity index (χ3v) is 3.22. The van der Waals surface area contributed by atoms with E-state index in [-0.39, 0.29) is 6.03 Å². The highest BCUT2D eigenvalue weighted by Gasteiger charge is 2.20. The van der Waals surface area contributed by atoms with E-state index in [0.717, 1.165) is 31.5 Å². The van der Waals surface area contributed by atoms with Crippen LogP contribution >= 0.6 is 0 Å². The maximum absolute atomic E-state index is 12.0. The highest BCUT2D eigenvalue weighted by Crippen LogP contribution is 2.20. The van der Waals surface area contributed by atoms with E-state index in [1.807, 2.05) is 13.0 Å². The standard InChI is InChI=1S/C14H18N2O3/c1-10-5-6-12(11(9-10)13(17)19-2)15-14(18)16-7-3-4-8-16/h5-6,9H,3-4,7-8H2,1-2H3,(H,15,18). The second-order valence-electron chi connectivity index (χ2n) is 4.66. The zero-order valence-electron chi connectivity index (χ0n) is 11.2. The van der Waals surface area contributed by atoms with Crippen molar-refractivity contribution in [2.24, 2.45) is 0 Å². The van der Waals surface area contributed by atoms with Gasteiger partial charge in [-0.15, -0.1) is 0 Å². The fourth-order valence-corrected chi connectivity index (χ4v) is 2.16. The van der Waals surface area contributed by atoms with E-state index in [4.69, 9.17) is 4.74 Å². The Labute approximate surface area is 112 Å². The van der Waals surface area contributed by atoms with E-state index in [1.54, 1.807) is 17.0 Å². The summed E-state index contributed by atoms with van der Waals surface area (Å²) in [5.74, 6) is -0.444. The van der Waals surface area contributed by atoms with Crippen molar-refractivity contribution >= 4 is 17.7 Å². The van der Waals surface area contributed by atoms with Gasteiger partial charge in [0.2, 0.25) is 0 Å². The Morgan fingerprint density at radius 3 is 2.58 bits per heavy atom. The zero-order valence-corrected chi connectivity index (χ0v) is 11.2. The Balaban J connectivity index is 2.19. The number of nitrogens with one attached hydrogen (secondary N) is 1. The van der Waals surface area contributed by atoms with Crippen molar-refractivity contribution < 1.29 is 14.3 Å². The van der Waals surface area contributed by atoms with Gasteiger partial charge in [0.15, 0.2) is 0 Å².